The summed E-state index contributed by atoms with van der Waals surface area (Å²) < 4.78 is 31.3. The zero-order valence-electron chi connectivity index (χ0n) is 23.7. The molecule has 0 aromatic carbocycles. The maximum Gasteiger partial charge on any atom is 0.266 e. The van der Waals surface area contributed by atoms with E-state index in [1.54, 1.807) is 0 Å². The van der Waals surface area contributed by atoms with E-state index >= 15 is 0 Å². The van der Waals surface area contributed by atoms with Gasteiger partial charge >= 0.3 is 0 Å². The van der Waals surface area contributed by atoms with Crippen molar-refractivity contribution in [2.75, 3.05) is 12.4 Å². The van der Waals surface area contributed by atoms with Crippen molar-refractivity contribution in [3.05, 3.63) is 0 Å². The zero-order valence-corrected chi connectivity index (χ0v) is 24.5. The first-order valence-corrected chi connectivity index (χ1v) is 16.6. The van der Waals surface area contributed by atoms with Gasteiger partial charge in [-0.15, -0.1) is 0 Å². The molecule has 9 heteroatoms. The summed E-state index contributed by atoms with van der Waals surface area (Å²) in [4.78, 5) is 12.5. The van der Waals surface area contributed by atoms with Crippen LogP contribution in [-0.2, 0) is 14.9 Å². The largest absolute Gasteiger partial charge is 0.394 e. The lowest BCUT2D eigenvalue weighted by Gasteiger charge is -2.64. The maximum absolute atomic E-state index is 12.5. The van der Waals surface area contributed by atoms with Crippen molar-refractivity contribution >= 4 is 16.0 Å². The van der Waals surface area contributed by atoms with E-state index in [0.717, 1.165) is 51.4 Å². The standard InChI is InChI=1S/C29H51NO7S/c1-5-20-24-14-19(32)10-12-29(24,4)23-11-13-28(3)21(7-8-22(28)26(23)27(20)34)17(2)6-9-25(33)30-18(15-31)16-38(35,36)37/h17-24,26-27,31-32,34H,5-16H2,1-4H3,(H,30,33)(H,35,36,37). The Hall–Kier alpha value is -0.740. The minimum absolute atomic E-state index is 0.117. The van der Waals surface area contributed by atoms with Gasteiger partial charge in [-0.3, -0.25) is 9.35 Å². The molecule has 12 atom stereocenters. The second-order valence-corrected chi connectivity index (χ2v) is 15.3. The van der Waals surface area contributed by atoms with Crippen molar-refractivity contribution in [2.24, 2.45) is 52.3 Å². The summed E-state index contributed by atoms with van der Waals surface area (Å²) in [6, 6.07) is -1.01. The normalized spacial score (nSPS) is 44.4. The molecule has 1 amide bonds. The third kappa shape index (κ3) is 5.56. The van der Waals surface area contributed by atoms with Gasteiger partial charge in [-0.25, -0.2) is 0 Å². The fourth-order valence-electron chi connectivity index (χ4n) is 10.2. The predicted octanol–water partition coefficient (Wildman–Crippen LogP) is 3.39. The molecule has 5 N–H and O–H groups in total. The SMILES string of the molecule is CCC1C(O)C2C3CCC(C(C)CCC(=O)NC(CO)CS(=O)(=O)O)C3(C)CCC2C2(C)CCC(O)CC12. The van der Waals surface area contributed by atoms with Gasteiger partial charge in [0.15, 0.2) is 0 Å². The number of aliphatic hydroxyl groups is 3. The summed E-state index contributed by atoms with van der Waals surface area (Å²) in [5, 5.41) is 34.3. The Morgan fingerprint density at radius 3 is 2.32 bits per heavy atom. The van der Waals surface area contributed by atoms with E-state index in [1.807, 2.05) is 0 Å². The van der Waals surface area contributed by atoms with Crippen LogP contribution in [0.5, 0.6) is 0 Å². The summed E-state index contributed by atoms with van der Waals surface area (Å²) in [5.74, 6) is 1.62. The van der Waals surface area contributed by atoms with E-state index < -0.39 is 28.5 Å². The fraction of sp³-hybridized carbons (Fsp3) is 0.966. The average Bonchev–Trinajstić information content (AvgIpc) is 3.19. The van der Waals surface area contributed by atoms with Gasteiger partial charge in [0.05, 0.1) is 30.6 Å². The maximum atomic E-state index is 12.5. The van der Waals surface area contributed by atoms with Crippen molar-refractivity contribution in [1.82, 2.24) is 5.32 Å². The molecule has 38 heavy (non-hydrogen) atoms. The van der Waals surface area contributed by atoms with Crippen LogP contribution in [-0.4, -0.2) is 64.8 Å². The second-order valence-electron chi connectivity index (χ2n) is 13.8. The Balaban J connectivity index is 1.44. The van der Waals surface area contributed by atoms with E-state index in [0.29, 0.717) is 41.9 Å². The number of carbonyl (C=O) groups excluding carboxylic acids is 1. The van der Waals surface area contributed by atoms with Gasteiger partial charge in [0.25, 0.3) is 10.1 Å². The number of aliphatic hydroxyl groups excluding tert-OH is 3. The minimum Gasteiger partial charge on any atom is -0.394 e. The molecular weight excluding hydrogens is 506 g/mol. The Labute approximate surface area is 229 Å². The molecule has 0 heterocycles. The van der Waals surface area contributed by atoms with Crippen molar-refractivity contribution in [3.8, 4) is 0 Å². The lowest BCUT2D eigenvalue weighted by molar-refractivity contribution is -0.203. The number of nitrogens with one attached hydrogen (secondary N) is 1. The number of amides is 1. The van der Waals surface area contributed by atoms with Gasteiger partial charge in [0.1, 0.15) is 0 Å². The molecule has 4 aliphatic rings. The minimum atomic E-state index is -4.29. The predicted molar refractivity (Wildman–Crippen MR) is 146 cm³/mol. The van der Waals surface area contributed by atoms with Gasteiger partial charge in [-0.05, 0) is 104 Å². The van der Waals surface area contributed by atoms with E-state index in [4.69, 9.17) is 4.55 Å². The lowest BCUT2D eigenvalue weighted by atomic mass is 9.41. The molecule has 0 aliphatic heterocycles. The molecular formula is C29H51NO7S. The van der Waals surface area contributed by atoms with Crippen LogP contribution in [0.4, 0.5) is 0 Å². The van der Waals surface area contributed by atoms with Crippen molar-refractivity contribution in [2.45, 2.75) is 110 Å². The van der Waals surface area contributed by atoms with Gasteiger partial charge in [0.2, 0.25) is 5.91 Å². The third-order valence-electron chi connectivity index (χ3n) is 12.0. The highest BCUT2D eigenvalue weighted by Crippen LogP contribution is 2.69. The molecule has 4 saturated carbocycles. The van der Waals surface area contributed by atoms with Crippen LogP contribution >= 0.6 is 0 Å². The topological polar surface area (TPSA) is 144 Å². The van der Waals surface area contributed by atoms with Crippen molar-refractivity contribution in [3.63, 3.8) is 0 Å². The third-order valence-corrected chi connectivity index (χ3v) is 12.8. The van der Waals surface area contributed by atoms with Crippen LogP contribution < -0.4 is 5.32 Å². The van der Waals surface area contributed by atoms with Crippen LogP contribution in [0, 0.1) is 52.3 Å². The Morgan fingerprint density at radius 2 is 1.68 bits per heavy atom. The number of hydrogen-bond acceptors (Lipinski definition) is 6. The molecule has 4 aliphatic carbocycles. The fourth-order valence-corrected chi connectivity index (χ4v) is 10.9. The van der Waals surface area contributed by atoms with Crippen molar-refractivity contribution in [1.29, 1.82) is 0 Å². The lowest BCUT2D eigenvalue weighted by Crippen LogP contribution is -2.62. The monoisotopic (exact) mass is 557 g/mol. The molecule has 0 aromatic rings. The Kier molecular flexibility index (Phi) is 8.96. The molecule has 12 unspecified atom stereocenters. The Morgan fingerprint density at radius 1 is 1.03 bits per heavy atom. The van der Waals surface area contributed by atoms with Gasteiger partial charge < -0.3 is 20.6 Å². The summed E-state index contributed by atoms with van der Waals surface area (Å²) in [6.45, 7) is 8.73. The van der Waals surface area contributed by atoms with Crippen LogP contribution in [0.3, 0.4) is 0 Å². The number of fused-ring (bicyclic) bond motifs is 5. The average molecular weight is 558 g/mol. The van der Waals surface area contributed by atoms with E-state index in [2.05, 4.69) is 33.0 Å². The highest BCUT2D eigenvalue weighted by atomic mass is 32.2. The van der Waals surface area contributed by atoms with Crippen LogP contribution in [0.25, 0.3) is 0 Å². The first-order valence-electron chi connectivity index (χ1n) is 15.0. The first-order chi connectivity index (χ1) is 17.7. The smallest absolute Gasteiger partial charge is 0.266 e. The quantitative estimate of drug-likeness (QED) is 0.273. The molecule has 0 aromatic heterocycles. The Bertz CT molecular complexity index is 959. The summed E-state index contributed by atoms with van der Waals surface area (Å²) in [5.41, 5.74) is 0.296. The molecule has 8 nitrogen and oxygen atoms in total. The van der Waals surface area contributed by atoms with Gasteiger partial charge in [0, 0.05) is 6.42 Å². The first kappa shape index (κ1) is 30.2. The highest BCUT2D eigenvalue weighted by Gasteiger charge is 2.64. The molecule has 4 rings (SSSR count). The zero-order chi connectivity index (χ0) is 28.0. The van der Waals surface area contributed by atoms with E-state index in [9.17, 15) is 28.5 Å². The number of carbonyl (C=O) groups is 1. The second kappa shape index (κ2) is 11.3. The molecule has 220 valence electrons. The summed E-state index contributed by atoms with van der Waals surface area (Å²) >= 11 is 0. The number of hydrogen-bond donors (Lipinski definition) is 5. The molecule has 0 bridgehead atoms. The van der Waals surface area contributed by atoms with E-state index in [1.165, 1.54) is 0 Å². The highest BCUT2D eigenvalue weighted by molar-refractivity contribution is 7.85. The van der Waals surface area contributed by atoms with E-state index in [-0.39, 0.29) is 41.3 Å². The number of rotatable bonds is 9. The van der Waals surface area contributed by atoms with Crippen LogP contribution in [0.1, 0.15) is 91.9 Å². The molecule has 0 saturated heterocycles. The van der Waals surface area contributed by atoms with Crippen LogP contribution in [0.15, 0.2) is 0 Å². The molecule has 0 radical (unpaired) electrons. The summed E-state index contributed by atoms with van der Waals surface area (Å²) in [7, 11) is -4.29. The van der Waals surface area contributed by atoms with Gasteiger partial charge in [-0.2, -0.15) is 8.42 Å². The van der Waals surface area contributed by atoms with Crippen molar-refractivity contribution < 1.29 is 33.1 Å². The molecule has 4 fully saturated rings. The molecule has 0 spiro atoms. The van der Waals surface area contributed by atoms with Crippen LogP contribution in [0.2, 0.25) is 0 Å². The summed E-state index contributed by atoms with van der Waals surface area (Å²) in [6.07, 6.45) is 8.49. The van der Waals surface area contributed by atoms with Gasteiger partial charge in [-0.1, -0.05) is 34.1 Å².